The number of thiophene rings is 1. The lowest BCUT2D eigenvalue weighted by Crippen LogP contribution is -2.52. The van der Waals surface area contributed by atoms with Crippen molar-refractivity contribution in [1.82, 2.24) is 10.2 Å². The molecule has 1 atom stereocenters. The molecule has 40 heavy (non-hydrogen) atoms. The van der Waals surface area contributed by atoms with Crippen LogP contribution in [0.4, 0.5) is 28.9 Å². The smallest absolute Gasteiger partial charge is 0.387 e. The van der Waals surface area contributed by atoms with Crippen LogP contribution >= 0.6 is 22.9 Å². The van der Waals surface area contributed by atoms with Crippen LogP contribution in [0.5, 0.6) is 5.75 Å². The summed E-state index contributed by atoms with van der Waals surface area (Å²) >= 11 is 6.92. The van der Waals surface area contributed by atoms with Gasteiger partial charge in [-0.25, -0.2) is 8.78 Å². The molecule has 9 nitrogen and oxygen atoms in total. The molecule has 0 radical (unpaired) electrons. The molecule has 2 aromatic rings. The van der Waals surface area contributed by atoms with E-state index in [1.807, 2.05) is 0 Å². The molecule has 1 aromatic carbocycles. The number of hydrogen-bond donors (Lipinski definition) is 2. The van der Waals surface area contributed by atoms with Crippen LogP contribution in [0.2, 0.25) is 4.34 Å². The van der Waals surface area contributed by atoms with Gasteiger partial charge in [0.05, 0.1) is 28.1 Å². The molecule has 0 unspecified atom stereocenters. The van der Waals surface area contributed by atoms with E-state index in [9.17, 15) is 31.9 Å². The highest BCUT2D eigenvalue weighted by Gasteiger charge is 2.34. The summed E-state index contributed by atoms with van der Waals surface area (Å²) in [4.78, 5) is 41.1. The van der Waals surface area contributed by atoms with Gasteiger partial charge >= 0.3 is 6.61 Å². The predicted octanol–water partition coefficient (Wildman–Crippen LogP) is 4.08. The zero-order valence-corrected chi connectivity index (χ0v) is 22.7. The first-order valence-electron chi connectivity index (χ1n) is 12.4. The van der Waals surface area contributed by atoms with Crippen molar-refractivity contribution in [2.75, 3.05) is 49.6 Å². The summed E-state index contributed by atoms with van der Waals surface area (Å²) in [6.07, 6.45) is -1.06. The molecule has 4 rings (SSSR count). The number of carbonyl (C=O) groups is 3. The molecule has 0 bridgehead atoms. The minimum atomic E-state index is -3.21. The molecule has 1 aliphatic carbocycles. The van der Waals surface area contributed by atoms with Crippen molar-refractivity contribution in [2.24, 2.45) is 5.92 Å². The maximum Gasteiger partial charge on any atom is 0.387 e. The van der Waals surface area contributed by atoms with Gasteiger partial charge in [-0.15, -0.1) is 11.3 Å². The fraction of sp³-hybridized carbons (Fsp3) is 0.480. The first kappa shape index (κ1) is 30.0. The van der Waals surface area contributed by atoms with Gasteiger partial charge in [0.2, 0.25) is 5.91 Å². The predicted molar refractivity (Wildman–Crippen MR) is 141 cm³/mol. The number of anilines is 2. The van der Waals surface area contributed by atoms with Crippen LogP contribution in [0.3, 0.4) is 0 Å². The number of halogens is 5. The lowest BCUT2D eigenvalue weighted by atomic mass is 10.1. The molecule has 1 saturated carbocycles. The minimum absolute atomic E-state index is 0.0369. The Morgan fingerprint density at radius 1 is 1.20 bits per heavy atom. The van der Waals surface area contributed by atoms with E-state index in [-0.39, 0.29) is 60.8 Å². The van der Waals surface area contributed by atoms with Crippen molar-refractivity contribution < 1.29 is 41.4 Å². The third-order valence-electron chi connectivity index (χ3n) is 6.28. The van der Waals surface area contributed by atoms with Crippen LogP contribution in [0.25, 0.3) is 0 Å². The van der Waals surface area contributed by atoms with Crippen molar-refractivity contribution in [1.29, 1.82) is 0 Å². The van der Waals surface area contributed by atoms with Crippen LogP contribution in [0.15, 0.2) is 30.3 Å². The average Bonchev–Trinajstić information content (AvgIpc) is 3.60. The number of nitrogens with zero attached hydrogens (tertiary/aromatic N) is 2. The highest BCUT2D eigenvalue weighted by Crippen LogP contribution is 2.34. The maximum absolute atomic E-state index is 13.5. The van der Waals surface area contributed by atoms with Gasteiger partial charge in [0.15, 0.2) is 5.75 Å². The molecular formula is C25H27ClF4N4O5S. The molecular weight excluding hydrogens is 580 g/mol. The number of carbonyl (C=O) groups excluding carboxylic acids is 3. The van der Waals surface area contributed by atoms with Crippen LogP contribution in [-0.4, -0.2) is 81.1 Å². The van der Waals surface area contributed by atoms with Crippen molar-refractivity contribution >= 4 is 52.0 Å². The van der Waals surface area contributed by atoms with E-state index in [2.05, 4.69) is 15.4 Å². The Balaban J connectivity index is 1.55. The van der Waals surface area contributed by atoms with Crippen LogP contribution in [0.1, 0.15) is 22.5 Å². The molecule has 2 fully saturated rings. The van der Waals surface area contributed by atoms with Gasteiger partial charge in [-0.05, 0) is 43.0 Å². The van der Waals surface area contributed by atoms with E-state index in [0.717, 1.165) is 30.2 Å². The number of nitrogens with one attached hydrogen (secondary N) is 2. The fourth-order valence-corrected chi connectivity index (χ4v) is 5.20. The second kappa shape index (κ2) is 13.6. The summed E-state index contributed by atoms with van der Waals surface area (Å²) in [7, 11) is 0. The molecule has 2 N–H and O–H groups in total. The SMILES string of the molecule is O=C(NC[C@@H](C(=O)Nc1ccc(N2CCOCC2=O)c(OC(F)F)c1)N(CC(F)F)CC1CC1)c1ccc(Cl)s1. The molecule has 1 saturated heterocycles. The van der Waals surface area contributed by atoms with E-state index in [0.29, 0.717) is 4.34 Å². The molecule has 15 heteroatoms. The lowest BCUT2D eigenvalue weighted by molar-refractivity contribution is -0.126. The molecule has 2 aliphatic rings. The molecule has 3 amide bonds. The normalized spacial score (nSPS) is 16.5. The zero-order chi connectivity index (χ0) is 28.8. The molecule has 218 valence electrons. The van der Waals surface area contributed by atoms with E-state index in [4.69, 9.17) is 16.3 Å². The van der Waals surface area contributed by atoms with Gasteiger partial charge in [0, 0.05) is 31.4 Å². The Hall–Kier alpha value is -2.94. The number of hydrogen-bond acceptors (Lipinski definition) is 7. The third-order valence-corrected chi connectivity index (χ3v) is 7.51. The maximum atomic E-state index is 13.5. The second-order valence-corrected chi connectivity index (χ2v) is 11.0. The highest BCUT2D eigenvalue weighted by atomic mass is 35.5. The summed E-state index contributed by atoms with van der Waals surface area (Å²) < 4.78 is 63.5. The van der Waals surface area contributed by atoms with Crippen LogP contribution in [0, 0.1) is 5.92 Å². The monoisotopic (exact) mass is 606 g/mol. The molecule has 1 aliphatic heterocycles. The largest absolute Gasteiger partial charge is 0.433 e. The zero-order valence-electron chi connectivity index (χ0n) is 21.1. The number of ether oxygens (including phenoxy) is 2. The van der Waals surface area contributed by atoms with Gasteiger partial charge in [-0.1, -0.05) is 11.6 Å². The number of benzene rings is 1. The highest BCUT2D eigenvalue weighted by molar-refractivity contribution is 7.18. The standard InChI is InChI=1S/C25H27ClF4N4O5S/c26-20-6-5-19(40-20)24(37)31-10-17(33(12-21(27)28)11-14-1-2-14)23(36)32-15-3-4-16(18(9-15)39-25(29)30)34-7-8-38-13-22(34)35/h3-6,9,14,17,21,25H,1-2,7-8,10-13H2,(H,31,37)(H,32,36)/t17-/m0/s1. The molecule has 2 heterocycles. The van der Waals surface area contributed by atoms with Gasteiger partial charge < -0.3 is 25.0 Å². The molecule has 0 spiro atoms. The fourth-order valence-electron chi connectivity index (χ4n) is 4.24. The topological polar surface area (TPSA) is 100 Å². The second-order valence-electron chi connectivity index (χ2n) is 9.27. The van der Waals surface area contributed by atoms with Gasteiger partial charge in [0.1, 0.15) is 12.6 Å². The number of rotatable bonds is 13. The number of amides is 3. The minimum Gasteiger partial charge on any atom is -0.433 e. The van der Waals surface area contributed by atoms with Crippen LogP contribution in [-0.2, 0) is 14.3 Å². The summed E-state index contributed by atoms with van der Waals surface area (Å²) in [5.74, 6) is -1.91. The quantitative estimate of drug-likeness (QED) is 0.334. The lowest BCUT2D eigenvalue weighted by Gasteiger charge is -2.31. The van der Waals surface area contributed by atoms with Gasteiger partial charge in [-0.2, -0.15) is 8.78 Å². The van der Waals surface area contributed by atoms with Crippen LogP contribution < -0.4 is 20.3 Å². The van der Waals surface area contributed by atoms with E-state index >= 15 is 0 Å². The van der Waals surface area contributed by atoms with Crippen molar-refractivity contribution in [2.45, 2.75) is 31.9 Å². The van der Waals surface area contributed by atoms with E-state index < -0.39 is 43.3 Å². The van der Waals surface area contributed by atoms with Gasteiger partial charge in [-0.3, -0.25) is 19.3 Å². The average molecular weight is 607 g/mol. The Bertz CT molecular complexity index is 1210. The Kier molecular flexibility index (Phi) is 10.2. The van der Waals surface area contributed by atoms with Gasteiger partial charge in [0.25, 0.3) is 18.2 Å². The summed E-state index contributed by atoms with van der Waals surface area (Å²) in [5.41, 5.74) is 0.105. The van der Waals surface area contributed by atoms with Crippen molar-refractivity contribution in [3.05, 3.63) is 39.5 Å². The van der Waals surface area contributed by atoms with Crippen molar-refractivity contribution in [3.63, 3.8) is 0 Å². The Labute approximate surface area is 236 Å². The molecule has 1 aromatic heterocycles. The number of alkyl halides is 4. The number of morpholine rings is 1. The van der Waals surface area contributed by atoms with E-state index in [1.165, 1.54) is 34.1 Å². The first-order chi connectivity index (χ1) is 19.1. The summed E-state index contributed by atoms with van der Waals surface area (Å²) in [6.45, 7) is -3.89. The summed E-state index contributed by atoms with van der Waals surface area (Å²) in [6, 6.07) is 5.70. The first-order valence-corrected chi connectivity index (χ1v) is 13.6. The van der Waals surface area contributed by atoms with E-state index in [1.54, 1.807) is 0 Å². The Morgan fingerprint density at radius 3 is 2.60 bits per heavy atom. The van der Waals surface area contributed by atoms with Crippen molar-refractivity contribution in [3.8, 4) is 5.75 Å². The summed E-state index contributed by atoms with van der Waals surface area (Å²) in [5, 5.41) is 5.17. The Morgan fingerprint density at radius 2 is 1.98 bits per heavy atom. The third kappa shape index (κ3) is 8.29.